The van der Waals surface area contributed by atoms with Gasteiger partial charge in [0.25, 0.3) is 5.91 Å². The molecule has 0 saturated carbocycles. The summed E-state index contributed by atoms with van der Waals surface area (Å²) in [6.45, 7) is 0.725. The number of halogens is 1. The number of likely N-dealkylation sites (N-methyl/N-ethyl adjacent to an activating group) is 1. The largest absolute Gasteiger partial charge is 0.370 e. The Hall–Kier alpha value is -0.850. The van der Waals surface area contributed by atoms with E-state index in [0.717, 1.165) is 12.8 Å². The van der Waals surface area contributed by atoms with Gasteiger partial charge in [-0.05, 0) is 19.3 Å². The Morgan fingerprint density at radius 3 is 2.67 bits per heavy atom. The summed E-state index contributed by atoms with van der Waals surface area (Å²) in [5, 5.41) is 2.59. The summed E-state index contributed by atoms with van der Waals surface area (Å²) < 4.78 is 5.03. The molecule has 0 aromatic rings. The monoisotopic (exact) mass is 279 g/mol. The van der Waals surface area contributed by atoms with Crippen LogP contribution in [0.3, 0.4) is 0 Å². The van der Waals surface area contributed by atoms with E-state index in [2.05, 4.69) is 5.32 Å². The maximum Gasteiger partial charge on any atom is 0.253 e. The highest BCUT2D eigenvalue weighted by atomic mass is 35.5. The Balaban J connectivity index is 0.00000289. The van der Waals surface area contributed by atoms with Gasteiger partial charge in [-0.25, -0.2) is 0 Å². The van der Waals surface area contributed by atoms with E-state index in [9.17, 15) is 9.59 Å². The van der Waals surface area contributed by atoms with Gasteiger partial charge in [0.1, 0.15) is 12.1 Å². The number of carbonyl (C=O) groups is 2. The number of methoxy groups -OCH3 is 1. The summed E-state index contributed by atoms with van der Waals surface area (Å²) in [5.74, 6) is -0.312. The number of carbonyl (C=O) groups excluding carboxylic acids is 2. The molecule has 0 aliphatic carbocycles. The zero-order valence-electron chi connectivity index (χ0n) is 10.8. The molecular weight excluding hydrogens is 258 g/mol. The Morgan fingerprint density at radius 1 is 1.50 bits per heavy atom. The lowest BCUT2D eigenvalue weighted by Crippen LogP contribution is -2.55. The number of ether oxygens (including phenoxy) is 1. The van der Waals surface area contributed by atoms with Gasteiger partial charge in [0.15, 0.2) is 0 Å². The number of rotatable bonds is 4. The first-order chi connectivity index (χ1) is 8.15. The van der Waals surface area contributed by atoms with E-state index in [1.165, 1.54) is 7.11 Å². The molecule has 7 heteroatoms. The average Bonchev–Trinajstić information content (AvgIpc) is 2.39. The van der Waals surface area contributed by atoms with Crippen molar-refractivity contribution in [1.29, 1.82) is 0 Å². The lowest BCUT2D eigenvalue weighted by Gasteiger charge is -2.36. The number of amides is 2. The van der Waals surface area contributed by atoms with Gasteiger partial charge < -0.3 is 20.7 Å². The number of nitrogens with two attached hydrogens (primary N) is 1. The van der Waals surface area contributed by atoms with E-state index in [4.69, 9.17) is 10.5 Å². The number of piperidine rings is 1. The molecule has 3 N–H and O–H groups in total. The molecule has 2 amide bonds. The minimum absolute atomic E-state index is 0. The second kappa shape index (κ2) is 8.29. The summed E-state index contributed by atoms with van der Waals surface area (Å²) in [6.07, 6.45) is 1.93. The van der Waals surface area contributed by atoms with E-state index >= 15 is 0 Å². The Morgan fingerprint density at radius 2 is 2.17 bits per heavy atom. The third-order valence-corrected chi connectivity index (χ3v) is 3.11. The third-order valence-electron chi connectivity index (χ3n) is 3.11. The molecular formula is C11H22ClN3O3. The van der Waals surface area contributed by atoms with Crippen molar-refractivity contribution in [2.45, 2.75) is 31.4 Å². The van der Waals surface area contributed by atoms with E-state index in [1.54, 1.807) is 11.9 Å². The lowest BCUT2D eigenvalue weighted by atomic mass is 10.0. The van der Waals surface area contributed by atoms with Crippen LogP contribution in [0.15, 0.2) is 0 Å². The number of hydrogen-bond acceptors (Lipinski definition) is 4. The van der Waals surface area contributed by atoms with Gasteiger partial charge in [-0.15, -0.1) is 12.4 Å². The standard InChI is InChI=1S/C11H21N3O3.ClH/c1-13-10(15)8-5-3-4-6-14(8)11(16)9(7-12)17-2;/h8-9H,3-7,12H2,1-2H3,(H,13,15);1H. The van der Waals surface area contributed by atoms with Crippen molar-refractivity contribution in [2.75, 3.05) is 27.2 Å². The second-order valence-corrected chi connectivity index (χ2v) is 4.12. The van der Waals surface area contributed by atoms with Crippen molar-refractivity contribution in [3.05, 3.63) is 0 Å². The van der Waals surface area contributed by atoms with Gasteiger partial charge in [0, 0.05) is 27.2 Å². The summed E-state index contributed by atoms with van der Waals surface area (Å²) in [5.41, 5.74) is 5.47. The number of nitrogens with one attached hydrogen (secondary N) is 1. The Kier molecular flexibility index (Phi) is 7.90. The summed E-state index contributed by atoms with van der Waals surface area (Å²) in [7, 11) is 3.03. The quantitative estimate of drug-likeness (QED) is 0.727. The van der Waals surface area contributed by atoms with Crippen molar-refractivity contribution < 1.29 is 14.3 Å². The third kappa shape index (κ3) is 3.83. The fourth-order valence-corrected chi connectivity index (χ4v) is 2.12. The van der Waals surface area contributed by atoms with E-state index in [-0.39, 0.29) is 36.8 Å². The molecule has 0 spiro atoms. The van der Waals surface area contributed by atoms with Gasteiger partial charge in [-0.2, -0.15) is 0 Å². The molecule has 1 aliphatic heterocycles. The van der Waals surface area contributed by atoms with Crippen LogP contribution in [0.4, 0.5) is 0 Å². The fraction of sp³-hybridized carbons (Fsp3) is 0.818. The molecule has 0 radical (unpaired) electrons. The van der Waals surface area contributed by atoms with Crippen LogP contribution in [0, 0.1) is 0 Å². The molecule has 1 aliphatic rings. The minimum atomic E-state index is -0.653. The summed E-state index contributed by atoms with van der Waals surface area (Å²) >= 11 is 0. The first kappa shape index (κ1) is 17.2. The van der Waals surface area contributed by atoms with Crippen molar-refractivity contribution in [3.8, 4) is 0 Å². The topological polar surface area (TPSA) is 84.7 Å². The highest BCUT2D eigenvalue weighted by molar-refractivity contribution is 5.89. The molecule has 1 saturated heterocycles. The van der Waals surface area contributed by atoms with Crippen LogP contribution < -0.4 is 11.1 Å². The number of likely N-dealkylation sites (tertiary alicyclic amines) is 1. The van der Waals surface area contributed by atoms with Crippen LogP contribution in [0.5, 0.6) is 0 Å². The van der Waals surface area contributed by atoms with E-state index in [0.29, 0.717) is 13.0 Å². The van der Waals surface area contributed by atoms with Gasteiger partial charge >= 0.3 is 0 Å². The first-order valence-electron chi connectivity index (χ1n) is 5.90. The number of hydrogen-bond donors (Lipinski definition) is 2. The van der Waals surface area contributed by atoms with Crippen molar-refractivity contribution in [3.63, 3.8) is 0 Å². The van der Waals surface area contributed by atoms with Gasteiger partial charge in [-0.3, -0.25) is 9.59 Å². The molecule has 1 heterocycles. The van der Waals surface area contributed by atoms with Crippen LogP contribution in [0.2, 0.25) is 0 Å². The van der Waals surface area contributed by atoms with Gasteiger partial charge in [0.2, 0.25) is 5.91 Å². The van der Waals surface area contributed by atoms with E-state index < -0.39 is 6.10 Å². The molecule has 0 aromatic heterocycles. The smallest absolute Gasteiger partial charge is 0.253 e. The molecule has 18 heavy (non-hydrogen) atoms. The van der Waals surface area contributed by atoms with Crippen molar-refractivity contribution in [2.24, 2.45) is 5.73 Å². The van der Waals surface area contributed by atoms with Crippen molar-refractivity contribution >= 4 is 24.2 Å². The average molecular weight is 280 g/mol. The van der Waals surface area contributed by atoms with Crippen LogP contribution in [-0.4, -0.2) is 56.1 Å². The molecule has 106 valence electrons. The van der Waals surface area contributed by atoms with Crippen LogP contribution in [0.1, 0.15) is 19.3 Å². The van der Waals surface area contributed by atoms with Crippen LogP contribution in [0.25, 0.3) is 0 Å². The van der Waals surface area contributed by atoms with Gasteiger partial charge in [-0.1, -0.05) is 0 Å². The normalized spacial score (nSPS) is 20.8. The Bertz CT molecular complexity index is 285. The maximum absolute atomic E-state index is 12.1. The predicted molar refractivity (Wildman–Crippen MR) is 70.5 cm³/mol. The first-order valence-corrected chi connectivity index (χ1v) is 5.90. The highest BCUT2D eigenvalue weighted by Crippen LogP contribution is 2.18. The molecule has 2 atom stereocenters. The van der Waals surface area contributed by atoms with Gasteiger partial charge in [0.05, 0.1) is 0 Å². The fourth-order valence-electron chi connectivity index (χ4n) is 2.12. The van der Waals surface area contributed by atoms with Crippen LogP contribution in [-0.2, 0) is 14.3 Å². The van der Waals surface area contributed by atoms with E-state index in [1.807, 2.05) is 0 Å². The predicted octanol–water partition coefficient (Wildman–Crippen LogP) is -0.491. The molecule has 1 rings (SSSR count). The zero-order chi connectivity index (χ0) is 12.8. The van der Waals surface area contributed by atoms with Crippen molar-refractivity contribution in [1.82, 2.24) is 10.2 Å². The molecule has 0 bridgehead atoms. The summed E-state index contributed by atoms with van der Waals surface area (Å²) in [4.78, 5) is 25.4. The SMILES string of the molecule is CNC(=O)C1CCCCN1C(=O)C(CN)OC.Cl. The highest BCUT2D eigenvalue weighted by Gasteiger charge is 2.34. The van der Waals surface area contributed by atoms with Crippen LogP contribution >= 0.6 is 12.4 Å². The summed E-state index contributed by atoms with van der Waals surface area (Å²) in [6, 6.07) is -0.384. The minimum Gasteiger partial charge on any atom is -0.370 e. The molecule has 1 fully saturated rings. The maximum atomic E-state index is 12.1. The molecule has 6 nitrogen and oxygen atoms in total. The zero-order valence-corrected chi connectivity index (χ0v) is 11.7. The number of nitrogens with zero attached hydrogens (tertiary/aromatic N) is 1. The molecule has 0 aromatic carbocycles. The molecule has 2 unspecified atom stereocenters. The second-order valence-electron chi connectivity index (χ2n) is 4.12. The Labute approximate surface area is 114 Å². The lowest BCUT2D eigenvalue weighted by molar-refractivity contribution is -0.149.